The minimum absolute atomic E-state index is 0.0648. The molecule has 9 aromatic carbocycles. The summed E-state index contributed by atoms with van der Waals surface area (Å²) in [5.74, 6) is 0. The molecule has 0 saturated carbocycles. The molecule has 3 aliphatic rings. The first-order chi connectivity index (χ1) is 32.0. The lowest BCUT2D eigenvalue weighted by molar-refractivity contribution is 0.660. The molecule has 318 valence electrons. The van der Waals surface area contributed by atoms with Crippen molar-refractivity contribution >= 4 is 65.6 Å². The van der Waals surface area contributed by atoms with Gasteiger partial charge in [-0.25, -0.2) is 0 Å². The van der Waals surface area contributed by atoms with E-state index >= 15 is 0 Å². The summed E-state index contributed by atoms with van der Waals surface area (Å²) >= 11 is 1.88. The molecule has 3 aliphatic carbocycles. The maximum Gasteiger partial charge on any atom is 0.0554 e. The predicted octanol–water partition coefficient (Wildman–Crippen LogP) is 17.9. The van der Waals surface area contributed by atoms with E-state index in [2.05, 4.69) is 245 Å². The third-order valence-corrected chi connectivity index (χ3v) is 16.6. The summed E-state index contributed by atoms with van der Waals surface area (Å²) in [5, 5.41) is 2.51. The first kappa shape index (κ1) is 39.2. The van der Waals surface area contributed by atoms with E-state index in [0.717, 1.165) is 28.4 Å². The number of hydrogen-bond donors (Lipinski definition) is 0. The zero-order valence-corrected chi connectivity index (χ0v) is 39.1. The fourth-order valence-electron chi connectivity index (χ4n) is 12.1. The van der Waals surface area contributed by atoms with Crippen LogP contribution in [-0.4, -0.2) is 0 Å². The minimum Gasteiger partial charge on any atom is -0.310 e. The van der Waals surface area contributed by atoms with Crippen molar-refractivity contribution in [3.8, 4) is 33.4 Å². The van der Waals surface area contributed by atoms with Crippen molar-refractivity contribution in [3.05, 3.63) is 228 Å². The smallest absolute Gasteiger partial charge is 0.0554 e. The van der Waals surface area contributed by atoms with E-state index in [1.165, 1.54) is 92.6 Å². The van der Waals surface area contributed by atoms with E-state index in [9.17, 15) is 0 Å². The standard InChI is InChI=1S/C63H50N2S/c1-61(2)51-22-13-10-19-44(51)47-35-40(27-31-54(47)61)64(41-28-32-55-48(36-41)45-20-11-14-23-52(45)62(55,3)4)42-30-34-58-50(38-42)60-57(25-16-26-59(60)66-58)65(39-17-8-7-9-18-39)43-29-33-56-49(37-43)46-21-12-15-24-53(46)63(56,5)6/h7-38H,1-6H3. The van der Waals surface area contributed by atoms with E-state index in [4.69, 9.17) is 0 Å². The predicted molar refractivity (Wildman–Crippen MR) is 281 cm³/mol. The molecule has 0 spiro atoms. The molecule has 2 nitrogen and oxygen atoms in total. The van der Waals surface area contributed by atoms with Gasteiger partial charge in [-0.15, -0.1) is 11.3 Å². The van der Waals surface area contributed by atoms with Gasteiger partial charge in [-0.1, -0.05) is 157 Å². The Labute approximate surface area is 392 Å². The second-order valence-electron chi connectivity index (χ2n) is 20.1. The largest absolute Gasteiger partial charge is 0.310 e. The van der Waals surface area contributed by atoms with Crippen LogP contribution in [0.5, 0.6) is 0 Å². The summed E-state index contributed by atoms with van der Waals surface area (Å²) in [4.78, 5) is 4.98. The first-order valence-corrected chi connectivity index (χ1v) is 24.2. The number of fused-ring (bicyclic) bond motifs is 12. The van der Waals surface area contributed by atoms with Crippen molar-refractivity contribution in [3.63, 3.8) is 0 Å². The Bertz CT molecular complexity index is 3540. The van der Waals surface area contributed by atoms with Crippen LogP contribution in [0.2, 0.25) is 0 Å². The van der Waals surface area contributed by atoms with Gasteiger partial charge in [0.05, 0.1) is 5.69 Å². The highest BCUT2D eigenvalue weighted by molar-refractivity contribution is 7.26. The zero-order valence-electron chi connectivity index (χ0n) is 38.3. The molecule has 0 fully saturated rings. The summed E-state index contributed by atoms with van der Waals surface area (Å²) in [7, 11) is 0. The van der Waals surface area contributed by atoms with Gasteiger partial charge in [0.15, 0.2) is 0 Å². The minimum atomic E-state index is -0.0773. The molecule has 1 heterocycles. The van der Waals surface area contributed by atoms with E-state index in [-0.39, 0.29) is 16.2 Å². The topological polar surface area (TPSA) is 6.48 Å². The third-order valence-electron chi connectivity index (χ3n) is 15.4. The van der Waals surface area contributed by atoms with Crippen LogP contribution in [0.15, 0.2) is 194 Å². The molecule has 1 aromatic heterocycles. The van der Waals surface area contributed by atoms with E-state index in [1.54, 1.807) is 0 Å². The van der Waals surface area contributed by atoms with Crippen molar-refractivity contribution in [1.29, 1.82) is 0 Å². The molecule has 0 bridgehead atoms. The van der Waals surface area contributed by atoms with E-state index < -0.39 is 0 Å². The van der Waals surface area contributed by atoms with Gasteiger partial charge in [0.1, 0.15) is 0 Å². The molecular formula is C63H50N2S. The molecule has 0 unspecified atom stereocenters. The van der Waals surface area contributed by atoms with Gasteiger partial charge in [-0.2, -0.15) is 0 Å². The van der Waals surface area contributed by atoms with Gasteiger partial charge in [-0.05, 0) is 146 Å². The van der Waals surface area contributed by atoms with Crippen molar-refractivity contribution in [2.24, 2.45) is 0 Å². The zero-order chi connectivity index (χ0) is 44.7. The van der Waals surface area contributed by atoms with Crippen molar-refractivity contribution in [2.45, 2.75) is 57.8 Å². The Balaban J connectivity index is 1.03. The number of nitrogens with zero attached hydrogens (tertiary/aromatic N) is 2. The lowest BCUT2D eigenvalue weighted by atomic mass is 9.82. The lowest BCUT2D eigenvalue weighted by Gasteiger charge is -2.29. The van der Waals surface area contributed by atoms with Crippen LogP contribution in [0.1, 0.15) is 74.9 Å². The Hall–Kier alpha value is -7.20. The molecule has 0 radical (unpaired) electrons. The molecular weight excluding hydrogens is 817 g/mol. The molecule has 0 amide bonds. The van der Waals surface area contributed by atoms with Crippen molar-refractivity contribution in [1.82, 2.24) is 0 Å². The first-order valence-electron chi connectivity index (χ1n) is 23.3. The second kappa shape index (κ2) is 13.9. The number of rotatable bonds is 6. The highest BCUT2D eigenvalue weighted by Gasteiger charge is 2.38. The average molecular weight is 867 g/mol. The molecule has 0 N–H and O–H groups in total. The highest BCUT2D eigenvalue weighted by atomic mass is 32.1. The van der Waals surface area contributed by atoms with Gasteiger partial charge >= 0.3 is 0 Å². The monoisotopic (exact) mass is 866 g/mol. The summed E-state index contributed by atoms with van der Waals surface area (Å²) < 4.78 is 2.54. The van der Waals surface area contributed by atoms with E-state index in [0.29, 0.717) is 0 Å². The molecule has 66 heavy (non-hydrogen) atoms. The summed E-state index contributed by atoms with van der Waals surface area (Å²) in [6.45, 7) is 14.2. The quantitative estimate of drug-likeness (QED) is 0.164. The Morgan fingerprint density at radius 2 is 0.712 bits per heavy atom. The third kappa shape index (κ3) is 5.47. The van der Waals surface area contributed by atoms with Crippen molar-refractivity contribution in [2.75, 3.05) is 9.80 Å². The summed E-state index contributed by atoms with van der Waals surface area (Å²) in [6, 6.07) is 73.3. The molecule has 10 aromatic rings. The summed E-state index contributed by atoms with van der Waals surface area (Å²) in [6.07, 6.45) is 0. The van der Waals surface area contributed by atoms with Crippen LogP contribution < -0.4 is 9.80 Å². The van der Waals surface area contributed by atoms with Crippen LogP contribution in [0.3, 0.4) is 0 Å². The van der Waals surface area contributed by atoms with Gasteiger partial charge in [0.25, 0.3) is 0 Å². The Morgan fingerprint density at radius 1 is 0.303 bits per heavy atom. The maximum atomic E-state index is 2.50. The molecule has 0 atom stereocenters. The fraction of sp³-hybridized carbons (Fsp3) is 0.143. The number of benzene rings is 9. The normalized spacial score (nSPS) is 15.2. The highest BCUT2D eigenvalue weighted by Crippen LogP contribution is 2.55. The van der Waals surface area contributed by atoms with Gasteiger partial charge in [-0.3, -0.25) is 0 Å². The van der Waals surface area contributed by atoms with Crippen LogP contribution in [0, 0.1) is 0 Å². The molecule has 0 saturated heterocycles. The number of thiophene rings is 1. The summed E-state index contributed by atoms with van der Waals surface area (Å²) in [5.41, 5.74) is 22.9. The van der Waals surface area contributed by atoms with Crippen LogP contribution in [0.4, 0.5) is 34.1 Å². The Kier molecular flexibility index (Phi) is 8.26. The maximum absolute atomic E-state index is 2.50. The van der Waals surface area contributed by atoms with Gasteiger partial charge in [0, 0.05) is 64.9 Å². The number of para-hydroxylation sites is 1. The second-order valence-corrected chi connectivity index (χ2v) is 21.2. The van der Waals surface area contributed by atoms with Gasteiger partial charge < -0.3 is 9.80 Å². The SMILES string of the molecule is CC1(C)c2ccccc2-c2cc(N(c3ccc4c(c3)-c3ccccc3C4(C)C)c3ccc4sc5cccc(N(c6ccccc6)c6ccc7c(c6)-c6ccccc6C7(C)C)c5c4c3)ccc21. The average Bonchev–Trinajstić information content (AvgIpc) is 3.98. The molecule has 13 rings (SSSR count). The van der Waals surface area contributed by atoms with Crippen LogP contribution >= 0.6 is 11.3 Å². The van der Waals surface area contributed by atoms with Gasteiger partial charge in [0.2, 0.25) is 0 Å². The molecule has 3 heteroatoms. The van der Waals surface area contributed by atoms with Crippen LogP contribution in [-0.2, 0) is 16.2 Å². The lowest BCUT2D eigenvalue weighted by Crippen LogP contribution is -2.16. The van der Waals surface area contributed by atoms with Crippen molar-refractivity contribution < 1.29 is 0 Å². The molecule has 0 aliphatic heterocycles. The van der Waals surface area contributed by atoms with E-state index in [1.807, 2.05) is 11.3 Å². The van der Waals surface area contributed by atoms with Crippen LogP contribution in [0.25, 0.3) is 53.6 Å². The number of anilines is 6. The number of hydrogen-bond acceptors (Lipinski definition) is 3. The fourth-order valence-corrected chi connectivity index (χ4v) is 13.2. The Morgan fingerprint density at radius 3 is 1.21 bits per heavy atom.